The number of methoxy groups -OCH3 is 1. The van der Waals surface area contributed by atoms with Gasteiger partial charge in [-0.2, -0.15) is 0 Å². The zero-order valence-corrected chi connectivity index (χ0v) is 12.0. The Hall–Kier alpha value is -2.95. The molecule has 0 saturated heterocycles. The van der Waals surface area contributed by atoms with E-state index in [1.807, 2.05) is 30.3 Å². The second kappa shape index (κ2) is 5.81. The molecule has 2 aromatic carbocycles. The van der Waals surface area contributed by atoms with E-state index >= 15 is 0 Å². The molecule has 0 amide bonds. The Morgan fingerprint density at radius 1 is 1.14 bits per heavy atom. The van der Waals surface area contributed by atoms with Crippen molar-refractivity contribution in [1.29, 1.82) is 0 Å². The fraction of sp³-hybridized carbons (Fsp3) is 0.118. The molecule has 0 atom stereocenters. The van der Waals surface area contributed by atoms with E-state index in [2.05, 4.69) is 10.2 Å². The molecule has 3 rings (SSSR count). The summed E-state index contributed by atoms with van der Waals surface area (Å²) in [6.07, 6.45) is 0.0948. The minimum Gasteiger partial charge on any atom is -0.508 e. The summed E-state index contributed by atoms with van der Waals surface area (Å²) in [5.41, 5.74) is 2.73. The predicted octanol–water partition coefficient (Wildman–Crippen LogP) is 2.72. The predicted molar refractivity (Wildman–Crippen MR) is 82.4 cm³/mol. The molecule has 5 nitrogen and oxygen atoms in total. The second-order valence-electron chi connectivity index (χ2n) is 4.85. The lowest BCUT2D eigenvalue weighted by Gasteiger charge is -2.11. The molecule has 0 radical (unpaired) electrons. The van der Waals surface area contributed by atoms with Crippen molar-refractivity contribution < 1.29 is 14.6 Å². The maximum Gasteiger partial charge on any atom is 0.310 e. The van der Waals surface area contributed by atoms with Crippen molar-refractivity contribution in [3.63, 3.8) is 0 Å². The van der Waals surface area contributed by atoms with Crippen LogP contribution in [0.5, 0.6) is 5.75 Å². The van der Waals surface area contributed by atoms with E-state index in [4.69, 9.17) is 4.74 Å². The molecule has 0 aliphatic carbocycles. The number of hydrogen-bond donors (Lipinski definition) is 1. The van der Waals surface area contributed by atoms with Crippen LogP contribution >= 0.6 is 0 Å². The summed E-state index contributed by atoms with van der Waals surface area (Å²) < 4.78 is 4.78. The van der Waals surface area contributed by atoms with Crippen LogP contribution in [-0.2, 0) is 16.0 Å². The van der Waals surface area contributed by atoms with Crippen LogP contribution in [0.4, 0.5) is 0 Å². The van der Waals surface area contributed by atoms with Crippen molar-refractivity contribution >= 4 is 16.9 Å². The molecular formula is C17H14N2O3. The Balaban J connectivity index is 2.24. The highest BCUT2D eigenvalue weighted by Crippen LogP contribution is 2.29. The number of rotatable bonds is 3. The normalized spacial score (nSPS) is 10.6. The molecule has 110 valence electrons. The van der Waals surface area contributed by atoms with E-state index in [-0.39, 0.29) is 18.1 Å². The Morgan fingerprint density at radius 3 is 2.73 bits per heavy atom. The molecule has 0 spiro atoms. The number of benzene rings is 2. The number of nitrogens with zero attached hydrogens (tertiary/aromatic N) is 2. The largest absolute Gasteiger partial charge is 0.508 e. The van der Waals surface area contributed by atoms with Gasteiger partial charge in [-0.1, -0.05) is 30.3 Å². The Kier molecular flexibility index (Phi) is 3.70. The summed E-state index contributed by atoms with van der Waals surface area (Å²) in [4.78, 5) is 11.8. The minimum atomic E-state index is -0.348. The van der Waals surface area contributed by atoms with Crippen molar-refractivity contribution in [3.05, 3.63) is 54.1 Å². The van der Waals surface area contributed by atoms with Gasteiger partial charge in [0.1, 0.15) is 5.75 Å². The third-order valence-electron chi connectivity index (χ3n) is 3.44. The Bertz CT molecular complexity index is 846. The smallest absolute Gasteiger partial charge is 0.310 e. The second-order valence-corrected chi connectivity index (χ2v) is 4.85. The maximum absolute atomic E-state index is 11.8. The number of phenolic OH excluding ortho intramolecular Hbond substituents is 1. The quantitative estimate of drug-likeness (QED) is 0.752. The standard InChI is InChI=1S/C17H14N2O3/c1-22-16(21)10-14-13-7-2-3-8-15(13)18-19-17(14)11-5-4-6-12(20)9-11/h2-9,20H,10H2,1H3. The average Bonchev–Trinajstić information content (AvgIpc) is 2.55. The zero-order valence-electron chi connectivity index (χ0n) is 12.0. The van der Waals surface area contributed by atoms with Crippen LogP contribution in [0, 0.1) is 0 Å². The van der Waals surface area contributed by atoms with Gasteiger partial charge in [0.15, 0.2) is 0 Å². The first-order chi connectivity index (χ1) is 10.7. The van der Waals surface area contributed by atoms with E-state index in [1.165, 1.54) is 7.11 Å². The lowest BCUT2D eigenvalue weighted by Crippen LogP contribution is -2.08. The molecule has 1 N–H and O–H groups in total. The third-order valence-corrected chi connectivity index (χ3v) is 3.44. The molecule has 3 aromatic rings. The van der Waals surface area contributed by atoms with Crippen LogP contribution in [0.1, 0.15) is 5.56 Å². The molecule has 1 aromatic heterocycles. The van der Waals surface area contributed by atoms with Crippen LogP contribution in [0.25, 0.3) is 22.2 Å². The van der Waals surface area contributed by atoms with Gasteiger partial charge in [0.25, 0.3) is 0 Å². The van der Waals surface area contributed by atoms with Gasteiger partial charge in [-0.05, 0) is 18.2 Å². The highest BCUT2D eigenvalue weighted by Gasteiger charge is 2.16. The van der Waals surface area contributed by atoms with Crippen LogP contribution in [0.2, 0.25) is 0 Å². The summed E-state index contributed by atoms with van der Waals surface area (Å²) in [7, 11) is 1.35. The molecule has 1 heterocycles. The lowest BCUT2D eigenvalue weighted by molar-refractivity contribution is -0.139. The monoisotopic (exact) mass is 294 g/mol. The van der Waals surface area contributed by atoms with Crippen molar-refractivity contribution in [2.24, 2.45) is 0 Å². The fourth-order valence-corrected chi connectivity index (χ4v) is 2.39. The average molecular weight is 294 g/mol. The number of esters is 1. The van der Waals surface area contributed by atoms with Crippen molar-refractivity contribution in [3.8, 4) is 17.0 Å². The third kappa shape index (κ3) is 2.61. The van der Waals surface area contributed by atoms with E-state index in [0.717, 1.165) is 10.9 Å². The van der Waals surface area contributed by atoms with Gasteiger partial charge in [-0.15, -0.1) is 10.2 Å². The molecule has 0 aliphatic heterocycles. The number of carbonyl (C=O) groups excluding carboxylic acids is 1. The van der Waals surface area contributed by atoms with E-state index in [9.17, 15) is 9.90 Å². The summed E-state index contributed by atoms with van der Waals surface area (Å²) >= 11 is 0. The summed E-state index contributed by atoms with van der Waals surface area (Å²) in [6.45, 7) is 0. The molecule has 5 heteroatoms. The van der Waals surface area contributed by atoms with Gasteiger partial charge in [0.05, 0.1) is 24.7 Å². The first-order valence-electron chi connectivity index (χ1n) is 6.79. The summed E-state index contributed by atoms with van der Waals surface area (Å²) in [5.74, 6) is -0.212. The highest BCUT2D eigenvalue weighted by atomic mass is 16.5. The lowest BCUT2D eigenvalue weighted by atomic mass is 9.99. The number of aromatic hydroxyl groups is 1. The molecule has 22 heavy (non-hydrogen) atoms. The van der Waals surface area contributed by atoms with E-state index < -0.39 is 0 Å². The molecule has 0 unspecified atom stereocenters. The fourth-order valence-electron chi connectivity index (χ4n) is 2.39. The number of fused-ring (bicyclic) bond motifs is 1. The number of phenols is 1. The maximum atomic E-state index is 11.8. The van der Waals surface area contributed by atoms with Crippen molar-refractivity contribution in [1.82, 2.24) is 10.2 Å². The van der Waals surface area contributed by atoms with Gasteiger partial charge in [-0.3, -0.25) is 4.79 Å². The Labute approximate surface area is 127 Å². The number of hydrogen-bond acceptors (Lipinski definition) is 5. The number of aromatic nitrogens is 2. The van der Waals surface area contributed by atoms with E-state index in [1.54, 1.807) is 18.2 Å². The minimum absolute atomic E-state index is 0.0948. The van der Waals surface area contributed by atoms with Crippen LogP contribution in [-0.4, -0.2) is 28.4 Å². The van der Waals surface area contributed by atoms with Gasteiger partial charge in [-0.25, -0.2) is 0 Å². The van der Waals surface area contributed by atoms with E-state index in [0.29, 0.717) is 16.8 Å². The number of ether oxygens (including phenoxy) is 1. The van der Waals surface area contributed by atoms with Crippen LogP contribution < -0.4 is 0 Å². The van der Waals surface area contributed by atoms with Crippen molar-refractivity contribution in [2.45, 2.75) is 6.42 Å². The SMILES string of the molecule is COC(=O)Cc1c(-c2cccc(O)c2)nnc2ccccc12. The first kappa shape index (κ1) is 14.0. The van der Waals surface area contributed by atoms with Crippen molar-refractivity contribution in [2.75, 3.05) is 7.11 Å². The molecule has 0 bridgehead atoms. The zero-order chi connectivity index (χ0) is 15.5. The molecule has 0 aliphatic rings. The van der Waals surface area contributed by atoms with Crippen LogP contribution in [0.15, 0.2) is 48.5 Å². The van der Waals surface area contributed by atoms with Gasteiger partial charge < -0.3 is 9.84 Å². The highest BCUT2D eigenvalue weighted by molar-refractivity contribution is 5.90. The Morgan fingerprint density at radius 2 is 1.95 bits per heavy atom. The molecule has 0 saturated carbocycles. The van der Waals surface area contributed by atoms with Gasteiger partial charge in [0, 0.05) is 16.5 Å². The van der Waals surface area contributed by atoms with Gasteiger partial charge in [0.2, 0.25) is 0 Å². The summed E-state index contributed by atoms with van der Waals surface area (Å²) in [6, 6.07) is 14.2. The van der Waals surface area contributed by atoms with Crippen LogP contribution in [0.3, 0.4) is 0 Å². The molecular weight excluding hydrogens is 280 g/mol. The van der Waals surface area contributed by atoms with Gasteiger partial charge >= 0.3 is 5.97 Å². The number of carbonyl (C=O) groups is 1. The summed E-state index contributed by atoms with van der Waals surface area (Å²) in [5, 5.41) is 18.9. The molecule has 0 fully saturated rings. The first-order valence-corrected chi connectivity index (χ1v) is 6.79. The topological polar surface area (TPSA) is 72.3 Å².